The van der Waals surface area contributed by atoms with Crippen molar-refractivity contribution in [1.82, 2.24) is 15.1 Å². The molecule has 0 unspecified atom stereocenters. The highest BCUT2D eigenvalue weighted by Gasteiger charge is 2.22. The maximum absolute atomic E-state index is 12.0. The van der Waals surface area contributed by atoms with Gasteiger partial charge < -0.3 is 21.1 Å². The molecule has 0 saturated carbocycles. The van der Waals surface area contributed by atoms with Gasteiger partial charge in [-0.2, -0.15) is 0 Å². The van der Waals surface area contributed by atoms with Gasteiger partial charge in [0.2, 0.25) is 5.91 Å². The molecular formula is C16H24N4O3. The van der Waals surface area contributed by atoms with Crippen molar-refractivity contribution in [1.29, 1.82) is 0 Å². The van der Waals surface area contributed by atoms with Crippen molar-refractivity contribution in [2.75, 3.05) is 39.3 Å². The molecule has 7 nitrogen and oxygen atoms in total. The Hall–Kier alpha value is -2.12. The Morgan fingerprint density at radius 1 is 1.17 bits per heavy atom. The number of hydrogen-bond donors (Lipinski definition) is 3. The van der Waals surface area contributed by atoms with Gasteiger partial charge in [-0.25, -0.2) is 4.79 Å². The van der Waals surface area contributed by atoms with Crippen LogP contribution in [0.25, 0.3) is 0 Å². The van der Waals surface area contributed by atoms with E-state index in [9.17, 15) is 14.7 Å². The first-order valence-electron chi connectivity index (χ1n) is 7.82. The number of rotatable bonds is 6. The number of nitrogens with one attached hydrogen (secondary N) is 1. The van der Waals surface area contributed by atoms with Crippen LogP contribution in [-0.2, 0) is 4.79 Å². The standard InChI is InChI=1S/C16H24N4O3/c17-16(23)18-7-6-15(22)20-10-8-19(9-11-20)12-14(21)13-4-2-1-3-5-13/h1-5,14,21H,6-12H2,(H3,17,18,23)/t14-/m0/s1. The summed E-state index contributed by atoms with van der Waals surface area (Å²) >= 11 is 0. The zero-order valence-corrected chi connectivity index (χ0v) is 13.1. The minimum Gasteiger partial charge on any atom is -0.387 e. The van der Waals surface area contributed by atoms with Crippen molar-refractivity contribution in [2.45, 2.75) is 12.5 Å². The first-order valence-corrected chi connectivity index (χ1v) is 7.82. The monoisotopic (exact) mass is 320 g/mol. The Labute approximate surface area is 136 Å². The van der Waals surface area contributed by atoms with Crippen LogP contribution < -0.4 is 11.1 Å². The van der Waals surface area contributed by atoms with Crippen LogP contribution in [0.4, 0.5) is 4.79 Å². The molecule has 1 atom stereocenters. The van der Waals surface area contributed by atoms with Gasteiger partial charge in [-0.15, -0.1) is 0 Å². The van der Waals surface area contributed by atoms with Crippen molar-refractivity contribution in [2.24, 2.45) is 5.73 Å². The molecule has 1 aliphatic rings. The van der Waals surface area contributed by atoms with E-state index in [4.69, 9.17) is 5.73 Å². The number of amides is 3. The van der Waals surface area contributed by atoms with E-state index in [0.29, 0.717) is 19.6 Å². The van der Waals surface area contributed by atoms with E-state index < -0.39 is 12.1 Å². The number of carbonyl (C=O) groups excluding carboxylic acids is 2. The molecule has 7 heteroatoms. The molecule has 0 aromatic heterocycles. The zero-order valence-electron chi connectivity index (χ0n) is 13.1. The fraction of sp³-hybridized carbons (Fsp3) is 0.500. The molecule has 2 rings (SSSR count). The second-order valence-corrected chi connectivity index (χ2v) is 5.65. The molecular weight excluding hydrogens is 296 g/mol. The summed E-state index contributed by atoms with van der Waals surface area (Å²) in [5, 5.41) is 12.7. The number of carbonyl (C=O) groups is 2. The third-order valence-corrected chi connectivity index (χ3v) is 3.98. The largest absolute Gasteiger partial charge is 0.387 e. The molecule has 0 bridgehead atoms. The fourth-order valence-corrected chi connectivity index (χ4v) is 2.66. The van der Waals surface area contributed by atoms with E-state index in [1.807, 2.05) is 30.3 Å². The Morgan fingerprint density at radius 2 is 1.83 bits per heavy atom. The topological polar surface area (TPSA) is 98.9 Å². The van der Waals surface area contributed by atoms with Gasteiger partial charge in [0.05, 0.1) is 6.10 Å². The quantitative estimate of drug-likeness (QED) is 0.683. The smallest absolute Gasteiger partial charge is 0.312 e. The van der Waals surface area contributed by atoms with E-state index in [1.165, 1.54) is 0 Å². The van der Waals surface area contributed by atoms with E-state index >= 15 is 0 Å². The average molecular weight is 320 g/mol. The van der Waals surface area contributed by atoms with Crippen LogP contribution in [0.1, 0.15) is 18.1 Å². The second-order valence-electron chi connectivity index (χ2n) is 5.65. The molecule has 23 heavy (non-hydrogen) atoms. The number of urea groups is 1. The van der Waals surface area contributed by atoms with E-state index in [0.717, 1.165) is 18.7 Å². The Bertz CT molecular complexity index is 515. The van der Waals surface area contributed by atoms with Gasteiger partial charge in [0.15, 0.2) is 0 Å². The molecule has 0 aliphatic carbocycles. The number of aliphatic hydroxyl groups is 1. The van der Waals surface area contributed by atoms with Crippen LogP contribution in [0.5, 0.6) is 0 Å². The third kappa shape index (κ3) is 5.54. The highest BCUT2D eigenvalue weighted by molar-refractivity contribution is 5.77. The summed E-state index contributed by atoms with van der Waals surface area (Å²) in [7, 11) is 0. The van der Waals surface area contributed by atoms with Crippen LogP contribution >= 0.6 is 0 Å². The number of nitrogens with zero attached hydrogens (tertiary/aromatic N) is 2. The Morgan fingerprint density at radius 3 is 2.43 bits per heavy atom. The van der Waals surface area contributed by atoms with Crippen molar-refractivity contribution in [3.05, 3.63) is 35.9 Å². The minimum absolute atomic E-state index is 0.0157. The third-order valence-electron chi connectivity index (χ3n) is 3.98. The normalized spacial score (nSPS) is 16.8. The van der Waals surface area contributed by atoms with Crippen molar-refractivity contribution in [3.8, 4) is 0 Å². The first kappa shape index (κ1) is 17.2. The van der Waals surface area contributed by atoms with Gasteiger partial charge in [-0.1, -0.05) is 30.3 Å². The molecule has 3 amide bonds. The number of nitrogens with two attached hydrogens (primary N) is 1. The van der Waals surface area contributed by atoms with E-state index in [-0.39, 0.29) is 18.9 Å². The fourth-order valence-electron chi connectivity index (χ4n) is 2.66. The minimum atomic E-state index is -0.613. The van der Waals surface area contributed by atoms with Gasteiger partial charge in [0.1, 0.15) is 0 Å². The molecule has 0 spiro atoms. The summed E-state index contributed by atoms with van der Waals surface area (Å²) in [6, 6.07) is 8.96. The predicted molar refractivity (Wildman–Crippen MR) is 86.6 cm³/mol. The van der Waals surface area contributed by atoms with Gasteiger partial charge in [0, 0.05) is 45.7 Å². The van der Waals surface area contributed by atoms with E-state index in [1.54, 1.807) is 4.90 Å². The average Bonchev–Trinajstić information content (AvgIpc) is 2.56. The number of benzene rings is 1. The zero-order chi connectivity index (χ0) is 16.7. The first-order chi connectivity index (χ1) is 11.1. The number of aliphatic hydroxyl groups excluding tert-OH is 1. The summed E-state index contributed by atoms with van der Waals surface area (Å²) in [5.74, 6) is 0.0157. The van der Waals surface area contributed by atoms with Crippen LogP contribution in [-0.4, -0.2) is 66.1 Å². The summed E-state index contributed by atoms with van der Waals surface area (Å²) in [5.41, 5.74) is 5.87. The predicted octanol–water partition coefficient (Wildman–Crippen LogP) is -0.0774. The van der Waals surface area contributed by atoms with Crippen molar-refractivity contribution >= 4 is 11.9 Å². The highest BCUT2D eigenvalue weighted by Crippen LogP contribution is 2.15. The molecule has 1 aliphatic heterocycles. The maximum atomic E-state index is 12.0. The van der Waals surface area contributed by atoms with Crippen molar-refractivity contribution < 1.29 is 14.7 Å². The lowest BCUT2D eigenvalue weighted by Gasteiger charge is -2.35. The van der Waals surface area contributed by atoms with E-state index in [2.05, 4.69) is 10.2 Å². The van der Waals surface area contributed by atoms with Gasteiger partial charge in [-0.3, -0.25) is 9.69 Å². The highest BCUT2D eigenvalue weighted by atomic mass is 16.3. The summed E-state index contributed by atoms with van der Waals surface area (Å²) in [6.45, 7) is 3.57. The van der Waals surface area contributed by atoms with Crippen molar-refractivity contribution in [3.63, 3.8) is 0 Å². The number of hydrogen-bond acceptors (Lipinski definition) is 4. The lowest BCUT2D eigenvalue weighted by Crippen LogP contribution is -2.50. The molecule has 1 aromatic rings. The van der Waals surface area contributed by atoms with Crippen LogP contribution in [0, 0.1) is 0 Å². The molecule has 1 fully saturated rings. The van der Waals surface area contributed by atoms with Gasteiger partial charge in [0.25, 0.3) is 0 Å². The molecule has 4 N–H and O–H groups in total. The number of primary amides is 1. The Balaban J connectivity index is 1.71. The Kier molecular flexibility index (Phi) is 6.37. The van der Waals surface area contributed by atoms with Crippen LogP contribution in [0.3, 0.4) is 0 Å². The SMILES string of the molecule is NC(=O)NCCC(=O)N1CCN(C[C@H](O)c2ccccc2)CC1. The summed E-state index contributed by atoms with van der Waals surface area (Å²) in [6.07, 6.45) is -0.256. The molecule has 1 aromatic carbocycles. The second kappa shape index (κ2) is 8.50. The lowest BCUT2D eigenvalue weighted by atomic mass is 10.1. The number of piperazine rings is 1. The summed E-state index contributed by atoms with van der Waals surface area (Å²) in [4.78, 5) is 26.5. The number of β-amino-alcohol motifs (C(OH)–C–C–N with tert-alkyl or cyclic N) is 1. The van der Waals surface area contributed by atoms with Gasteiger partial charge in [-0.05, 0) is 5.56 Å². The summed E-state index contributed by atoms with van der Waals surface area (Å²) < 4.78 is 0. The maximum Gasteiger partial charge on any atom is 0.312 e. The molecule has 1 heterocycles. The molecule has 1 saturated heterocycles. The van der Waals surface area contributed by atoms with Gasteiger partial charge >= 0.3 is 6.03 Å². The lowest BCUT2D eigenvalue weighted by molar-refractivity contribution is -0.132. The molecule has 0 radical (unpaired) electrons. The molecule has 126 valence electrons. The van der Waals surface area contributed by atoms with Crippen LogP contribution in [0.2, 0.25) is 0 Å². The van der Waals surface area contributed by atoms with Crippen LogP contribution in [0.15, 0.2) is 30.3 Å².